The van der Waals surface area contributed by atoms with Gasteiger partial charge in [0.1, 0.15) is 17.1 Å². The third kappa shape index (κ3) is 4.79. The Labute approximate surface area is 158 Å². The smallest absolute Gasteiger partial charge is 0.328 e. The Kier molecular flexibility index (Phi) is 5.45. The van der Waals surface area contributed by atoms with E-state index in [1.807, 2.05) is 10.6 Å². The van der Waals surface area contributed by atoms with Gasteiger partial charge in [0.15, 0.2) is 6.61 Å². The van der Waals surface area contributed by atoms with Gasteiger partial charge in [0.05, 0.1) is 0 Å². The Hall–Kier alpha value is -4.01. The minimum atomic E-state index is -0.878. The van der Waals surface area contributed by atoms with E-state index in [0.717, 1.165) is 0 Å². The van der Waals surface area contributed by atoms with E-state index in [0.29, 0.717) is 17.0 Å². The number of nitrogens with one attached hydrogen (secondary N) is 3. The number of anilines is 1. The number of barbiturate groups is 1. The van der Waals surface area contributed by atoms with Gasteiger partial charge < -0.3 is 10.1 Å². The standard InChI is InChI=1S/C19H14FN3O5/c20-12-4-6-13(7-5-12)21-16(24)10-28-14-3-1-2-11(8-14)9-15-17(25)22-19(27)23-18(15)26/h1-9H,10H2,(H,21,24)(H2,22,23,25,26,27). The molecule has 3 N–H and O–H groups in total. The van der Waals surface area contributed by atoms with Crippen molar-refractivity contribution in [2.45, 2.75) is 0 Å². The zero-order valence-electron chi connectivity index (χ0n) is 14.3. The average molecular weight is 383 g/mol. The van der Waals surface area contributed by atoms with E-state index in [-0.39, 0.29) is 12.2 Å². The fraction of sp³-hybridized carbons (Fsp3) is 0.0526. The topological polar surface area (TPSA) is 114 Å². The first-order chi connectivity index (χ1) is 13.4. The predicted molar refractivity (Wildman–Crippen MR) is 96.6 cm³/mol. The van der Waals surface area contributed by atoms with Gasteiger partial charge in [0.25, 0.3) is 17.7 Å². The van der Waals surface area contributed by atoms with Crippen molar-refractivity contribution in [1.82, 2.24) is 10.6 Å². The summed E-state index contributed by atoms with van der Waals surface area (Å²) in [5, 5.41) is 6.51. The maximum absolute atomic E-state index is 12.9. The number of urea groups is 1. The first kappa shape index (κ1) is 18.8. The molecule has 0 bridgehead atoms. The van der Waals surface area contributed by atoms with Crippen molar-refractivity contribution in [3.05, 3.63) is 65.5 Å². The second-order valence-electron chi connectivity index (χ2n) is 5.71. The van der Waals surface area contributed by atoms with Crippen LogP contribution in [-0.4, -0.2) is 30.4 Å². The van der Waals surface area contributed by atoms with Crippen molar-refractivity contribution in [2.24, 2.45) is 0 Å². The molecule has 1 saturated heterocycles. The number of benzene rings is 2. The molecule has 1 aliphatic rings. The van der Waals surface area contributed by atoms with Gasteiger partial charge in [-0.2, -0.15) is 0 Å². The number of ether oxygens (including phenoxy) is 1. The van der Waals surface area contributed by atoms with E-state index in [2.05, 4.69) is 5.32 Å². The summed E-state index contributed by atoms with van der Waals surface area (Å²) in [6.07, 6.45) is 1.29. The third-order valence-corrected chi connectivity index (χ3v) is 3.61. The third-order valence-electron chi connectivity index (χ3n) is 3.61. The van der Waals surface area contributed by atoms with Gasteiger partial charge in [-0.25, -0.2) is 9.18 Å². The van der Waals surface area contributed by atoms with Crippen LogP contribution in [0, 0.1) is 5.82 Å². The van der Waals surface area contributed by atoms with E-state index < -0.39 is 29.6 Å². The van der Waals surface area contributed by atoms with Gasteiger partial charge in [0.2, 0.25) is 0 Å². The summed E-state index contributed by atoms with van der Waals surface area (Å²) in [6, 6.07) is 10.8. The van der Waals surface area contributed by atoms with Crippen molar-refractivity contribution in [3.63, 3.8) is 0 Å². The van der Waals surface area contributed by atoms with Crippen LogP contribution in [0.15, 0.2) is 54.1 Å². The highest BCUT2D eigenvalue weighted by molar-refractivity contribution is 6.31. The van der Waals surface area contributed by atoms with Crippen LogP contribution in [0.5, 0.6) is 5.75 Å². The summed E-state index contributed by atoms with van der Waals surface area (Å²) in [5.74, 6) is -2.14. The van der Waals surface area contributed by atoms with E-state index >= 15 is 0 Å². The van der Waals surface area contributed by atoms with Gasteiger partial charge in [-0.1, -0.05) is 12.1 Å². The molecule has 2 aromatic carbocycles. The number of hydrogen-bond acceptors (Lipinski definition) is 5. The molecule has 5 amide bonds. The maximum Gasteiger partial charge on any atom is 0.328 e. The lowest BCUT2D eigenvalue weighted by Crippen LogP contribution is -2.51. The molecule has 3 rings (SSSR count). The monoisotopic (exact) mass is 383 g/mol. The van der Waals surface area contributed by atoms with Crippen molar-refractivity contribution in [1.29, 1.82) is 0 Å². The summed E-state index contributed by atoms with van der Waals surface area (Å²) in [7, 11) is 0. The molecule has 0 aromatic heterocycles. The molecule has 0 saturated carbocycles. The summed E-state index contributed by atoms with van der Waals surface area (Å²) in [6.45, 7) is -0.299. The molecule has 1 fully saturated rings. The minimum Gasteiger partial charge on any atom is -0.484 e. The zero-order valence-corrected chi connectivity index (χ0v) is 14.3. The van der Waals surface area contributed by atoms with Crippen LogP contribution in [0.2, 0.25) is 0 Å². The molecule has 0 atom stereocenters. The Morgan fingerprint density at radius 3 is 2.39 bits per heavy atom. The second-order valence-corrected chi connectivity index (χ2v) is 5.71. The van der Waals surface area contributed by atoms with Crippen LogP contribution in [0.3, 0.4) is 0 Å². The first-order valence-electron chi connectivity index (χ1n) is 8.07. The second kappa shape index (κ2) is 8.12. The van der Waals surface area contributed by atoms with Crippen LogP contribution in [0.4, 0.5) is 14.9 Å². The lowest BCUT2D eigenvalue weighted by Gasteiger charge is -2.14. The number of carbonyl (C=O) groups excluding carboxylic acids is 4. The molecule has 8 nitrogen and oxygen atoms in total. The Bertz CT molecular complexity index is 963. The highest BCUT2D eigenvalue weighted by atomic mass is 19.1. The number of rotatable bonds is 5. The molecule has 0 aliphatic carbocycles. The van der Waals surface area contributed by atoms with Gasteiger partial charge in [0, 0.05) is 5.69 Å². The Morgan fingerprint density at radius 2 is 1.71 bits per heavy atom. The average Bonchev–Trinajstić information content (AvgIpc) is 2.65. The summed E-state index contributed by atoms with van der Waals surface area (Å²) in [5.41, 5.74) is 0.661. The molecule has 2 aromatic rings. The van der Waals surface area contributed by atoms with Gasteiger partial charge in [-0.05, 0) is 48.0 Å². The highest BCUT2D eigenvalue weighted by Crippen LogP contribution is 2.17. The number of hydrogen-bond donors (Lipinski definition) is 3. The van der Waals surface area contributed by atoms with Crippen LogP contribution < -0.4 is 20.7 Å². The summed E-state index contributed by atoms with van der Waals surface area (Å²) < 4.78 is 18.3. The van der Waals surface area contributed by atoms with Gasteiger partial charge in [-0.3, -0.25) is 25.0 Å². The Morgan fingerprint density at radius 1 is 1.04 bits per heavy atom. The maximum atomic E-state index is 12.9. The molecule has 1 aliphatic heterocycles. The molecule has 0 spiro atoms. The van der Waals surface area contributed by atoms with E-state index in [4.69, 9.17) is 4.74 Å². The quantitative estimate of drug-likeness (QED) is 0.536. The lowest BCUT2D eigenvalue weighted by molar-refractivity contribution is -0.124. The molecule has 28 heavy (non-hydrogen) atoms. The zero-order chi connectivity index (χ0) is 20.1. The van der Waals surface area contributed by atoms with E-state index in [1.54, 1.807) is 18.2 Å². The van der Waals surface area contributed by atoms with Gasteiger partial charge in [-0.15, -0.1) is 0 Å². The minimum absolute atomic E-state index is 0.231. The number of halogens is 1. The SMILES string of the molecule is O=C(COc1cccc(C=C2C(=O)NC(=O)NC2=O)c1)Nc1ccc(F)cc1. The number of carbonyl (C=O) groups is 4. The fourth-order valence-electron chi connectivity index (χ4n) is 2.35. The van der Waals surface area contributed by atoms with Crippen molar-refractivity contribution < 1.29 is 28.3 Å². The molecule has 0 radical (unpaired) electrons. The largest absolute Gasteiger partial charge is 0.484 e. The molecule has 0 unspecified atom stereocenters. The van der Waals surface area contributed by atoms with Crippen LogP contribution >= 0.6 is 0 Å². The highest BCUT2D eigenvalue weighted by Gasteiger charge is 2.27. The molecule has 9 heteroatoms. The normalized spacial score (nSPS) is 13.5. The lowest BCUT2D eigenvalue weighted by atomic mass is 10.1. The summed E-state index contributed by atoms with van der Waals surface area (Å²) in [4.78, 5) is 46.5. The fourth-order valence-corrected chi connectivity index (χ4v) is 2.35. The molecular formula is C19H14FN3O5. The summed E-state index contributed by atoms with van der Waals surface area (Å²) >= 11 is 0. The molecule has 1 heterocycles. The van der Waals surface area contributed by atoms with Crippen molar-refractivity contribution >= 4 is 35.5 Å². The molecule has 142 valence electrons. The number of imide groups is 2. The van der Waals surface area contributed by atoms with Gasteiger partial charge >= 0.3 is 6.03 Å². The predicted octanol–water partition coefficient (Wildman–Crippen LogP) is 1.59. The Balaban J connectivity index is 1.63. The van der Waals surface area contributed by atoms with E-state index in [9.17, 15) is 23.6 Å². The van der Waals surface area contributed by atoms with Crippen molar-refractivity contribution in [2.75, 3.05) is 11.9 Å². The van der Waals surface area contributed by atoms with Crippen molar-refractivity contribution in [3.8, 4) is 5.75 Å². The van der Waals surface area contributed by atoms with Crippen LogP contribution in [0.25, 0.3) is 6.08 Å². The van der Waals surface area contributed by atoms with E-state index in [1.165, 1.54) is 36.4 Å². The number of amides is 5. The van der Waals surface area contributed by atoms with Crippen LogP contribution in [-0.2, 0) is 14.4 Å². The van der Waals surface area contributed by atoms with Crippen LogP contribution in [0.1, 0.15) is 5.56 Å². The molecular weight excluding hydrogens is 369 g/mol. The first-order valence-corrected chi connectivity index (χ1v) is 8.07.